The monoisotopic (exact) mass is 411 g/mol. The van der Waals surface area contributed by atoms with Crippen molar-refractivity contribution < 1.29 is 33.3 Å². The third-order valence-corrected chi connectivity index (χ3v) is 3.33. The molecule has 2 aromatic heterocycles. The molecule has 0 atom stereocenters. The number of nitrogens with zero attached hydrogens (tertiary/aromatic N) is 3. The molecule has 0 unspecified atom stereocenters. The van der Waals surface area contributed by atoms with Crippen molar-refractivity contribution >= 4 is 35.0 Å². The van der Waals surface area contributed by atoms with Gasteiger partial charge in [-0.25, -0.2) is 4.98 Å². The van der Waals surface area contributed by atoms with Gasteiger partial charge in [0.05, 0.1) is 6.33 Å². The van der Waals surface area contributed by atoms with E-state index in [1.807, 2.05) is 0 Å². The van der Waals surface area contributed by atoms with Crippen molar-refractivity contribution in [1.82, 2.24) is 19.5 Å². The molecule has 0 fully saturated rings. The molecule has 0 aliphatic heterocycles. The molecule has 0 aromatic carbocycles. The van der Waals surface area contributed by atoms with Crippen molar-refractivity contribution in [3.8, 4) is 0 Å². The molecule has 0 saturated heterocycles. The fourth-order valence-electron chi connectivity index (χ4n) is 2.12. The van der Waals surface area contributed by atoms with E-state index in [0.717, 1.165) is 0 Å². The Morgan fingerprint density at radius 2 is 1.83 bits per heavy atom. The van der Waals surface area contributed by atoms with E-state index in [2.05, 4.69) is 20.3 Å². The van der Waals surface area contributed by atoms with Gasteiger partial charge < -0.3 is 18.9 Å². The number of hydrogen-bond acceptors (Lipinski definition) is 10. The number of ether oxygens (including phenoxy) is 4. The second-order valence-electron chi connectivity index (χ2n) is 5.83. The van der Waals surface area contributed by atoms with Gasteiger partial charge in [0.1, 0.15) is 32.8 Å². The van der Waals surface area contributed by atoms with Crippen LogP contribution < -0.4 is 10.9 Å². The molecular formula is C16H21N5O8. The van der Waals surface area contributed by atoms with E-state index >= 15 is 0 Å². The topological polar surface area (TPSA) is 164 Å². The van der Waals surface area contributed by atoms with Crippen LogP contribution in [-0.4, -0.2) is 63.5 Å². The average Bonchev–Trinajstić information content (AvgIpc) is 3.02. The maximum absolute atomic E-state index is 12.0. The molecule has 0 radical (unpaired) electrons. The molecule has 29 heavy (non-hydrogen) atoms. The number of carbonyl (C=O) groups excluding carboxylic acids is 3. The van der Waals surface area contributed by atoms with Crippen LogP contribution in [0.4, 0.5) is 5.95 Å². The fraction of sp³-hybridized carbons (Fsp3) is 0.500. The van der Waals surface area contributed by atoms with Crippen LogP contribution in [0.15, 0.2) is 11.1 Å². The number of imidazole rings is 1. The van der Waals surface area contributed by atoms with Crippen molar-refractivity contribution in [1.29, 1.82) is 0 Å². The Balaban J connectivity index is 1.95. The lowest BCUT2D eigenvalue weighted by Crippen LogP contribution is -2.28. The summed E-state index contributed by atoms with van der Waals surface area (Å²) in [5, 5.41) is 2.39. The Kier molecular flexibility index (Phi) is 7.79. The Morgan fingerprint density at radius 3 is 2.41 bits per heavy atom. The molecule has 0 aliphatic rings. The van der Waals surface area contributed by atoms with Crippen LogP contribution in [0.3, 0.4) is 0 Å². The summed E-state index contributed by atoms with van der Waals surface area (Å²) in [4.78, 5) is 55.5. The number of amides is 1. The zero-order valence-electron chi connectivity index (χ0n) is 16.1. The third kappa shape index (κ3) is 6.97. The second-order valence-corrected chi connectivity index (χ2v) is 5.83. The molecule has 2 heterocycles. The summed E-state index contributed by atoms with van der Waals surface area (Å²) >= 11 is 0. The number of anilines is 1. The highest BCUT2D eigenvalue weighted by Crippen LogP contribution is 2.08. The van der Waals surface area contributed by atoms with E-state index in [0.29, 0.717) is 0 Å². The number of rotatable bonds is 10. The minimum absolute atomic E-state index is 0.0178. The van der Waals surface area contributed by atoms with Gasteiger partial charge in [0.15, 0.2) is 11.2 Å². The summed E-state index contributed by atoms with van der Waals surface area (Å²) in [5.74, 6) is -1.41. The Hall–Kier alpha value is -3.32. The van der Waals surface area contributed by atoms with Gasteiger partial charge in [-0.05, 0) is 0 Å². The largest absolute Gasteiger partial charge is 0.463 e. The number of hydrogen-bond donors (Lipinski definition) is 2. The highest BCUT2D eigenvalue weighted by Gasteiger charge is 2.14. The normalized spacial score (nSPS) is 10.9. The van der Waals surface area contributed by atoms with Gasteiger partial charge in [-0.2, -0.15) is 4.98 Å². The van der Waals surface area contributed by atoms with E-state index < -0.39 is 29.5 Å². The highest BCUT2D eigenvalue weighted by atomic mass is 16.7. The summed E-state index contributed by atoms with van der Waals surface area (Å²) in [6.07, 6.45) is 0.634. The van der Waals surface area contributed by atoms with E-state index in [1.165, 1.54) is 31.7 Å². The van der Waals surface area contributed by atoms with Crippen molar-refractivity contribution in [2.24, 2.45) is 0 Å². The zero-order chi connectivity index (χ0) is 21.4. The van der Waals surface area contributed by atoms with Crippen LogP contribution in [0.5, 0.6) is 0 Å². The molecule has 158 valence electrons. The molecular weight excluding hydrogens is 390 g/mol. The Labute approximate surface area is 164 Å². The molecule has 2 rings (SSSR count). The van der Waals surface area contributed by atoms with E-state index in [4.69, 9.17) is 18.9 Å². The first-order valence-corrected chi connectivity index (χ1v) is 8.45. The summed E-state index contributed by atoms with van der Waals surface area (Å²) in [5.41, 5.74) is -0.239. The summed E-state index contributed by atoms with van der Waals surface area (Å²) < 4.78 is 21.9. The predicted molar refractivity (Wildman–Crippen MR) is 96.5 cm³/mol. The molecule has 0 aliphatic carbocycles. The molecule has 13 nitrogen and oxygen atoms in total. The van der Waals surface area contributed by atoms with Crippen LogP contribution in [0, 0.1) is 0 Å². The summed E-state index contributed by atoms with van der Waals surface area (Å²) in [6, 6.07) is 0. The van der Waals surface area contributed by atoms with Crippen LogP contribution >= 0.6 is 0 Å². The Bertz CT molecular complexity index is 919. The number of fused-ring (bicyclic) bond motifs is 1. The first-order valence-electron chi connectivity index (χ1n) is 8.45. The number of aromatic amines is 1. The van der Waals surface area contributed by atoms with E-state index in [-0.39, 0.29) is 43.8 Å². The maximum Gasteiger partial charge on any atom is 0.302 e. The molecule has 13 heteroatoms. The van der Waals surface area contributed by atoms with Gasteiger partial charge in [0.2, 0.25) is 11.9 Å². The van der Waals surface area contributed by atoms with Crippen molar-refractivity contribution in [2.45, 2.75) is 33.6 Å². The standard InChI is InChI=1S/C16H21N5O8/c1-9(22)18-16-19-14-13(15(25)20-16)17-6-21(14)7-26-8-29-12(4-27-10(2)23)5-28-11(3)24/h6,12H,4-5,7-8H2,1-3H3,(H2,18,19,20,22,25). The molecule has 0 spiro atoms. The minimum atomic E-state index is -0.713. The van der Waals surface area contributed by atoms with Crippen molar-refractivity contribution in [3.05, 3.63) is 16.7 Å². The first kappa shape index (κ1) is 22.0. The van der Waals surface area contributed by atoms with Gasteiger partial charge >= 0.3 is 11.9 Å². The Morgan fingerprint density at radius 1 is 1.17 bits per heavy atom. The molecule has 0 bridgehead atoms. The zero-order valence-corrected chi connectivity index (χ0v) is 16.1. The molecule has 0 saturated carbocycles. The van der Waals surface area contributed by atoms with Crippen LogP contribution in [0.1, 0.15) is 20.8 Å². The van der Waals surface area contributed by atoms with Crippen molar-refractivity contribution in [3.63, 3.8) is 0 Å². The highest BCUT2D eigenvalue weighted by molar-refractivity contribution is 5.87. The predicted octanol–water partition coefficient (Wildman–Crippen LogP) is -0.479. The molecule has 2 aromatic rings. The average molecular weight is 411 g/mol. The second kappa shape index (κ2) is 10.3. The minimum Gasteiger partial charge on any atom is -0.463 e. The lowest BCUT2D eigenvalue weighted by atomic mass is 10.4. The molecule has 1 amide bonds. The first-order chi connectivity index (χ1) is 13.8. The number of H-pyrrole nitrogens is 1. The fourth-order valence-corrected chi connectivity index (χ4v) is 2.12. The quantitative estimate of drug-likeness (QED) is 0.296. The van der Waals surface area contributed by atoms with E-state index in [1.54, 1.807) is 0 Å². The summed E-state index contributed by atoms with van der Waals surface area (Å²) in [7, 11) is 0. The van der Waals surface area contributed by atoms with Crippen LogP contribution in [0.25, 0.3) is 11.2 Å². The molecule has 2 N–H and O–H groups in total. The van der Waals surface area contributed by atoms with Crippen LogP contribution in [-0.2, 0) is 40.1 Å². The lowest BCUT2D eigenvalue weighted by molar-refractivity contribution is -0.166. The van der Waals surface area contributed by atoms with Gasteiger partial charge in [0.25, 0.3) is 5.56 Å². The number of nitrogens with one attached hydrogen (secondary N) is 2. The van der Waals surface area contributed by atoms with Crippen molar-refractivity contribution in [2.75, 3.05) is 25.3 Å². The smallest absolute Gasteiger partial charge is 0.302 e. The summed E-state index contributed by atoms with van der Waals surface area (Å²) in [6.45, 7) is 3.24. The van der Waals surface area contributed by atoms with Crippen LogP contribution in [0.2, 0.25) is 0 Å². The SMILES string of the molecule is CC(=O)Nc1nc2c(ncn2COCOC(COC(C)=O)COC(C)=O)c(=O)[nH]1. The number of esters is 2. The number of carbonyl (C=O) groups is 3. The maximum atomic E-state index is 12.0. The van der Waals surface area contributed by atoms with Gasteiger partial charge in [-0.1, -0.05) is 0 Å². The lowest BCUT2D eigenvalue weighted by Gasteiger charge is -2.17. The van der Waals surface area contributed by atoms with Gasteiger partial charge in [-0.3, -0.25) is 34.0 Å². The third-order valence-electron chi connectivity index (χ3n) is 3.33. The van der Waals surface area contributed by atoms with Gasteiger partial charge in [-0.15, -0.1) is 0 Å². The van der Waals surface area contributed by atoms with E-state index in [9.17, 15) is 19.2 Å². The number of aromatic nitrogens is 4. The van der Waals surface area contributed by atoms with Gasteiger partial charge in [0, 0.05) is 20.8 Å².